The number of fused-ring (bicyclic) bond motifs is 6. The maximum atomic E-state index is 15.2. The highest BCUT2D eigenvalue weighted by atomic mass is 19.1. The summed E-state index contributed by atoms with van der Waals surface area (Å²) < 4.78 is 19.4. The quantitative estimate of drug-likeness (QED) is 0.225. The third kappa shape index (κ3) is 3.43. The summed E-state index contributed by atoms with van der Waals surface area (Å²) in [4.78, 5) is 0. The molecule has 0 saturated carbocycles. The van der Waals surface area contributed by atoms with Crippen LogP contribution in [0.5, 0.6) is 0 Å². The molecule has 3 nitrogen and oxygen atoms in total. The van der Waals surface area contributed by atoms with Crippen LogP contribution in [0.1, 0.15) is 5.56 Å². The molecule has 0 atom stereocenters. The van der Waals surface area contributed by atoms with Crippen LogP contribution < -0.4 is 0 Å². The summed E-state index contributed by atoms with van der Waals surface area (Å²) in [6.07, 6.45) is 0. The fraction of sp³-hybridized carbons (Fsp3) is 0. The van der Waals surface area contributed by atoms with Gasteiger partial charge in [-0.15, -0.1) is 0 Å². The standard InChI is InChI=1S/C37H22FN3/c38-32-14-8-9-26(23-39)37(32)41-34-16-7-5-13-29(34)31-22-25(18-20-36(31)41)24-17-19-35-30(21-24)28-12-4-6-15-33(28)40(35)27-10-2-1-3-11-27/h1-22H. The summed E-state index contributed by atoms with van der Waals surface area (Å²) in [7, 11) is 0. The molecule has 6 aromatic carbocycles. The maximum absolute atomic E-state index is 15.2. The Balaban J connectivity index is 1.37. The van der Waals surface area contributed by atoms with Crippen LogP contribution in [0.25, 0.3) is 66.1 Å². The number of rotatable bonds is 3. The number of hydrogen-bond donors (Lipinski definition) is 0. The lowest BCUT2D eigenvalue weighted by Crippen LogP contribution is -2.01. The Morgan fingerprint density at radius 1 is 0.488 bits per heavy atom. The molecule has 0 spiro atoms. The van der Waals surface area contributed by atoms with Crippen molar-refractivity contribution in [3.63, 3.8) is 0 Å². The molecule has 0 amide bonds. The second-order valence-electron chi connectivity index (χ2n) is 10.3. The van der Waals surface area contributed by atoms with Gasteiger partial charge in [-0.3, -0.25) is 0 Å². The lowest BCUT2D eigenvalue weighted by molar-refractivity contribution is 0.620. The normalized spacial score (nSPS) is 11.5. The lowest BCUT2D eigenvalue weighted by Gasteiger charge is -2.11. The summed E-state index contributed by atoms with van der Waals surface area (Å²) in [6, 6.07) is 46.7. The Kier molecular flexibility index (Phi) is 5.07. The molecule has 2 heterocycles. The van der Waals surface area contributed by atoms with Gasteiger partial charge in [0.15, 0.2) is 0 Å². The zero-order valence-corrected chi connectivity index (χ0v) is 21.9. The number of nitrogens with zero attached hydrogens (tertiary/aromatic N) is 3. The first-order valence-corrected chi connectivity index (χ1v) is 13.5. The summed E-state index contributed by atoms with van der Waals surface area (Å²) in [5.74, 6) is -0.420. The van der Waals surface area contributed by atoms with Gasteiger partial charge >= 0.3 is 0 Å². The van der Waals surface area contributed by atoms with Gasteiger partial charge in [-0.05, 0) is 71.8 Å². The minimum atomic E-state index is -0.420. The van der Waals surface area contributed by atoms with E-state index in [2.05, 4.69) is 95.6 Å². The van der Waals surface area contributed by atoms with Crippen LogP contribution in [-0.2, 0) is 0 Å². The van der Waals surface area contributed by atoms with E-state index in [1.54, 1.807) is 12.1 Å². The first kappa shape index (κ1) is 23.2. The van der Waals surface area contributed by atoms with E-state index >= 15 is 4.39 Å². The lowest BCUT2D eigenvalue weighted by atomic mass is 10.0. The Labute approximate surface area is 235 Å². The van der Waals surface area contributed by atoms with E-state index in [0.717, 1.165) is 44.1 Å². The van der Waals surface area contributed by atoms with Crippen molar-refractivity contribution in [1.29, 1.82) is 5.26 Å². The molecule has 8 aromatic rings. The van der Waals surface area contributed by atoms with E-state index in [9.17, 15) is 5.26 Å². The molecule has 0 saturated heterocycles. The molecule has 0 fully saturated rings. The van der Waals surface area contributed by atoms with Crippen LogP contribution in [0.3, 0.4) is 0 Å². The van der Waals surface area contributed by atoms with E-state index in [1.807, 2.05) is 34.9 Å². The number of hydrogen-bond acceptors (Lipinski definition) is 1. The van der Waals surface area contributed by atoms with Crippen molar-refractivity contribution in [1.82, 2.24) is 9.13 Å². The molecule has 2 aromatic heterocycles. The smallest absolute Gasteiger partial charge is 0.148 e. The molecule has 0 aliphatic rings. The van der Waals surface area contributed by atoms with Crippen LogP contribution in [0.4, 0.5) is 4.39 Å². The van der Waals surface area contributed by atoms with Gasteiger partial charge in [-0.1, -0.05) is 72.8 Å². The minimum Gasteiger partial charge on any atom is -0.309 e. The number of aromatic nitrogens is 2. The van der Waals surface area contributed by atoms with Gasteiger partial charge in [0.25, 0.3) is 0 Å². The van der Waals surface area contributed by atoms with Crippen LogP contribution >= 0.6 is 0 Å². The Morgan fingerprint density at radius 3 is 1.66 bits per heavy atom. The zero-order chi connectivity index (χ0) is 27.5. The third-order valence-corrected chi connectivity index (χ3v) is 8.02. The van der Waals surface area contributed by atoms with Gasteiger partial charge in [0.05, 0.1) is 27.6 Å². The molecule has 4 heteroatoms. The van der Waals surface area contributed by atoms with Gasteiger partial charge < -0.3 is 9.13 Å². The topological polar surface area (TPSA) is 33.6 Å². The average molecular weight is 528 g/mol. The van der Waals surface area contributed by atoms with E-state index in [-0.39, 0.29) is 5.69 Å². The number of nitriles is 1. The highest BCUT2D eigenvalue weighted by molar-refractivity contribution is 6.12. The van der Waals surface area contributed by atoms with E-state index in [4.69, 9.17) is 0 Å². The van der Waals surface area contributed by atoms with Crippen molar-refractivity contribution >= 4 is 43.6 Å². The van der Waals surface area contributed by atoms with Gasteiger partial charge in [0, 0.05) is 27.2 Å². The molecular weight excluding hydrogens is 505 g/mol. The van der Waals surface area contributed by atoms with Crippen molar-refractivity contribution in [3.05, 3.63) is 145 Å². The molecular formula is C37H22FN3. The zero-order valence-electron chi connectivity index (χ0n) is 21.9. The number of benzene rings is 6. The number of halogens is 1. The average Bonchev–Trinajstić information content (AvgIpc) is 3.53. The van der Waals surface area contributed by atoms with Crippen LogP contribution in [0, 0.1) is 17.1 Å². The highest BCUT2D eigenvalue weighted by Gasteiger charge is 2.19. The molecule has 0 aliphatic heterocycles. The van der Waals surface area contributed by atoms with Crippen LogP contribution in [-0.4, -0.2) is 9.13 Å². The molecule has 0 aliphatic carbocycles. The molecule has 0 N–H and O–H groups in total. The molecule has 0 radical (unpaired) electrons. The predicted molar refractivity (Wildman–Crippen MR) is 165 cm³/mol. The second kappa shape index (κ2) is 8.94. The summed E-state index contributed by atoms with van der Waals surface area (Å²) >= 11 is 0. The first-order chi connectivity index (χ1) is 20.2. The second-order valence-corrected chi connectivity index (χ2v) is 10.3. The SMILES string of the molecule is N#Cc1cccc(F)c1-n1c2ccccc2c2cc(-c3ccc4c(c3)c3ccccc3n4-c3ccccc3)ccc21. The molecule has 0 bridgehead atoms. The Morgan fingerprint density at radius 2 is 1.02 bits per heavy atom. The molecule has 41 heavy (non-hydrogen) atoms. The fourth-order valence-corrected chi connectivity index (χ4v) is 6.23. The van der Waals surface area contributed by atoms with Crippen molar-refractivity contribution < 1.29 is 4.39 Å². The van der Waals surface area contributed by atoms with E-state index < -0.39 is 5.82 Å². The van der Waals surface area contributed by atoms with Gasteiger partial charge in [0.2, 0.25) is 0 Å². The molecule has 8 rings (SSSR count). The first-order valence-electron chi connectivity index (χ1n) is 13.5. The number of para-hydroxylation sites is 4. The fourth-order valence-electron chi connectivity index (χ4n) is 6.23. The predicted octanol–water partition coefficient (Wildman–Crippen LogP) is 9.56. The van der Waals surface area contributed by atoms with Crippen molar-refractivity contribution in [3.8, 4) is 28.6 Å². The Bertz CT molecular complexity index is 2340. The molecule has 192 valence electrons. The molecule has 0 unspecified atom stereocenters. The minimum absolute atomic E-state index is 0.282. The van der Waals surface area contributed by atoms with Crippen LogP contribution in [0.2, 0.25) is 0 Å². The van der Waals surface area contributed by atoms with Crippen molar-refractivity contribution in [2.75, 3.05) is 0 Å². The van der Waals surface area contributed by atoms with E-state index in [0.29, 0.717) is 5.56 Å². The van der Waals surface area contributed by atoms with E-state index in [1.165, 1.54) is 22.4 Å². The largest absolute Gasteiger partial charge is 0.309 e. The summed E-state index contributed by atoms with van der Waals surface area (Å²) in [5.41, 5.74) is 7.95. The highest BCUT2D eigenvalue weighted by Crippen LogP contribution is 2.38. The third-order valence-electron chi connectivity index (χ3n) is 8.02. The monoisotopic (exact) mass is 527 g/mol. The van der Waals surface area contributed by atoms with Gasteiger partial charge in [0.1, 0.15) is 17.6 Å². The van der Waals surface area contributed by atoms with Gasteiger partial charge in [-0.25, -0.2) is 4.39 Å². The Hall–Kier alpha value is -5.66. The summed E-state index contributed by atoms with van der Waals surface area (Å²) in [5, 5.41) is 14.2. The van der Waals surface area contributed by atoms with Crippen molar-refractivity contribution in [2.45, 2.75) is 0 Å². The maximum Gasteiger partial charge on any atom is 0.148 e. The van der Waals surface area contributed by atoms with Gasteiger partial charge in [-0.2, -0.15) is 5.26 Å². The van der Waals surface area contributed by atoms with Crippen LogP contribution in [0.15, 0.2) is 133 Å². The van der Waals surface area contributed by atoms with Crippen molar-refractivity contribution in [2.24, 2.45) is 0 Å². The summed E-state index contributed by atoms with van der Waals surface area (Å²) in [6.45, 7) is 0.